The lowest BCUT2D eigenvalue weighted by molar-refractivity contribution is 0.131. The van der Waals surface area contributed by atoms with Gasteiger partial charge in [-0.05, 0) is 49.4 Å². The smallest absolute Gasteiger partial charge is 0.0459 e. The van der Waals surface area contributed by atoms with Gasteiger partial charge in [-0.3, -0.25) is 0 Å². The predicted molar refractivity (Wildman–Crippen MR) is 56.5 cm³/mol. The molecule has 1 saturated carbocycles. The molecular formula is C12H24O. The van der Waals surface area contributed by atoms with Gasteiger partial charge in [-0.1, -0.05) is 20.8 Å². The Bertz CT molecular complexity index is 134. The molecule has 0 spiro atoms. The number of hydrogen-bond acceptors (Lipinski definition) is 1. The number of aliphatic hydroxyl groups is 1. The second-order valence-corrected chi connectivity index (χ2v) is 5.08. The summed E-state index contributed by atoms with van der Waals surface area (Å²) in [6.45, 7) is 7.22. The maximum Gasteiger partial charge on any atom is 0.0459 e. The summed E-state index contributed by atoms with van der Waals surface area (Å²) < 4.78 is 0. The first-order chi connectivity index (χ1) is 6.15. The van der Waals surface area contributed by atoms with E-state index in [1.165, 1.54) is 25.7 Å². The topological polar surface area (TPSA) is 20.2 Å². The van der Waals surface area contributed by atoms with Gasteiger partial charge >= 0.3 is 0 Å². The molecule has 13 heavy (non-hydrogen) atoms. The van der Waals surface area contributed by atoms with Gasteiger partial charge < -0.3 is 5.11 Å². The Labute approximate surface area is 82.5 Å². The molecule has 78 valence electrons. The predicted octanol–water partition coefficient (Wildman–Crippen LogP) is 3.08. The fraction of sp³-hybridized carbons (Fsp3) is 1.00. The van der Waals surface area contributed by atoms with Crippen molar-refractivity contribution in [2.45, 2.75) is 46.5 Å². The maximum absolute atomic E-state index is 9.06. The molecule has 0 saturated heterocycles. The second-order valence-electron chi connectivity index (χ2n) is 5.08. The molecule has 0 heterocycles. The van der Waals surface area contributed by atoms with E-state index in [-0.39, 0.29) is 0 Å². The van der Waals surface area contributed by atoms with E-state index in [2.05, 4.69) is 20.8 Å². The van der Waals surface area contributed by atoms with Gasteiger partial charge in [-0.15, -0.1) is 0 Å². The Balaban J connectivity index is 2.30. The van der Waals surface area contributed by atoms with Gasteiger partial charge in [0, 0.05) is 6.61 Å². The summed E-state index contributed by atoms with van der Waals surface area (Å²) in [7, 11) is 0. The standard InChI is InChI=1S/C12H24O/c1-9(2)11-4-6-12(7-5-11)10(3)8-13/h9-13H,4-8H2,1-3H3/t10-,11?,12?/m0/s1. The van der Waals surface area contributed by atoms with Crippen molar-refractivity contribution in [1.29, 1.82) is 0 Å². The Kier molecular flexibility index (Phi) is 4.24. The number of aliphatic hydroxyl groups excluding tert-OH is 1. The van der Waals surface area contributed by atoms with E-state index in [1.54, 1.807) is 0 Å². The summed E-state index contributed by atoms with van der Waals surface area (Å²) in [4.78, 5) is 0. The van der Waals surface area contributed by atoms with Gasteiger partial charge in [-0.2, -0.15) is 0 Å². The van der Waals surface area contributed by atoms with Crippen molar-refractivity contribution in [3.63, 3.8) is 0 Å². The molecule has 0 bridgehead atoms. The lowest BCUT2D eigenvalue weighted by Crippen LogP contribution is -2.24. The Morgan fingerprint density at radius 2 is 1.46 bits per heavy atom. The zero-order valence-corrected chi connectivity index (χ0v) is 9.29. The number of hydrogen-bond donors (Lipinski definition) is 1. The molecule has 1 aliphatic carbocycles. The molecule has 1 fully saturated rings. The largest absolute Gasteiger partial charge is 0.396 e. The Morgan fingerprint density at radius 3 is 1.85 bits per heavy atom. The lowest BCUT2D eigenvalue weighted by atomic mass is 9.73. The highest BCUT2D eigenvalue weighted by molar-refractivity contribution is 4.77. The van der Waals surface area contributed by atoms with Crippen molar-refractivity contribution in [2.75, 3.05) is 6.61 Å². The first-order valence-corrected chi connectivity index (χ1v) is 5.76. The molecule has 1 aliphatic rings. The van der Waals surface area contributed by atoms with Crippen LogP contribution in [0.5, 0.6) is 0 Å². The zero-order chi connectivity index (χ0) is 9.84. The van der Waals surface area contributed by atoms with Gasteiger partial charge in [0.15, 0.2) is 0 Å². The van der Waals surface area contributed by atoms with E-state index >= 15 is 0 Å². The summed E-state index contributed by atoms with van der Waals surface area (Å²) >= 11 is 0. The summed E-state index contributed by atoms with van der Waals surface area (Å²) in [5.41, 5.74) is 0. The van der Waals surface area contributed by atoms with Crippen LogP contribution in [0.25, 0.3) is 0 Å². The third-order valence-corrected chi connectivity index (χ3v) is 3.85. The van der Waals surface area contributed by atoms with E-state index in [1.807, 2.05) is 0 Å². The first kappa shape index (κ1) is 11.0. The highest BCUT2D eigenvalue weighted by Gasteiger charge is 2.25. The molecule has 1 atom stereocenters. The van der Waals surface area contributed by atoms with Crippen LogP contribution < -0.4 is 0 Å². The summed E-state index contributed by atoms with van der Waals surface area (Å²) in [5.74, 6) is 3.11. The van der Waals surface area contributed by atoms with Crippen LogP contribution in [0, 0.1) is 23.7 Å². The minimum absolute atomic E-state index is 0.372. The average Bonchev–Trinajstić information content (AvgIpc) is 2.17. The van der Waals surface area contributed by atoms with Crippen molar-refractivity contribution >= 4 is 0 Å². The van der Waals surface area contributed by atoms with Crippen LogP contribution in [0.2, 0.25) is 0 Å². The van der Waals surface area contributed by atoms with Gasteiger partial charge in [0.05, 0.1) is 0 Å². The fourth-order valence-corrected chi connectivity index (χ4v) is 2.53. The SMILES string of the molecule is CC(C)C1CCC([C@@H](C)CO)CC1. The molecular weight excluding hydrogens is 160 g/mol. The average molecular weight is 184 g/mol. The van der Waals surface area contributed by atoms with Crippen LogP contribution in [0.1, 0.15) is 46.5 Å². The summed E-state index contributed by atoms with van der Waals surface area (Å²) in [6, 6.07) is 0. The van der Waals surface area contributed by atoms with Crippen LogP contribution >= 0.6 is 0 Å². The first-order valence-electron chi connectivity index (χ1n) is 5.76. The molecule has 0 aliphatic heterocycles. The van der Waals surface area contributed by atoms with Gasteiger partial charge in [0.2, 0.25) is 0 Å². The Hall–Kier alpha value is -0.0400. The van der Waals surface area contributed by atoms with E-state index in [9.17, 15) is 0 Å². The van der Waals surface area contributed by atoms with E-state index < -0.39 is 0 Å². The molecule has 0 unspecified atom stereocenters. The molecule has 1 nitrogen and oxygen atoms in total. The molecule has 0 aromatic heterocycles. The zero-order valence-electron chi connectivity index (χ0n) is 9.29. The minimum atomic E-state index is 0.372. The van der Waals surface area contributed by atoms with Crippen LogP contribution in [0.15, 0.2) is 0 Å². The maximum atomic E-state index is 9.06. The number of rotatable bonds is 3. The molecule has 0 amide bonds. The highest BCUT2D eigenvalue weighted by atomic mass is 16.3. The molecule has 1 N–H and O–H groups in total. The summed E-state index contributed by atoms with van der Waals surface area (Å²) in [6.07, 6.45) is 5.44. The van der Waals surface area contributed by atoms with Crippen LogP contribution in [0.3, 0.4) is 0 Å². The van der Waals surface area contributed by atoms with Crippen molar-refractivity contribution in [3.05, 3.63) is 0 Å². The van der Waals surface area contributed by atoms with Crippen molar-refractivity contribution in [1.82, 2.24) is 0 Å². The molecule has 0 aromatic carbocycles. The monoisotopic (exact) mass is 184 g/mol. The normalized spacial score (nSPS) is 32.1. The highest BCUT2D eigenvalue weighted by Crippen LogP contribution is 2.36. The Morgan fingerprint density at radius 1 is 1.00 bits per heavy atom. The van der Waals surface area contributed by atoms with Gasteiger partial charge in [0.1, 0.15) is 0 Å². The van der Waals surface area contributed by atoms with Crippen LogP contribution in [-0.4, -0.2) is 11.7 Å². The van der Waals surface area contributed by atoms with Crippen LogP contribution in [0.4, 0.5) is 0 Å². The van der Waals surface area contributed by atoms with Gasteiger partial charge in [-0.25, -0.2) is 0 Å². The third-order valence-electron chi connectivity index (χ3n) is 3.85. The van der Waals surface area contributed by atoms with Crippen molar-refractivity contribution in [2.24, 2.45) is 23.7 Å². The molecule has 1 heteroatoms. The lowest BCUT2D eigenvalue weighted by Gasteiger charge is -2.33. The van der Waals surface area contributed by atoms with E-state index in [4.69, 9.17) is 5.11 Å². The minimum Gasteiger partial charge on any atom is -0.396 e. The van der Waals surface area contributed by atoms with Crippen LogP contribution in [-0.2, 0) is 0 Å². The molecule has 1 rings (SSSR count). The summed E-state index contributed by atoms with van der Waals surface area (Å²) in [5, 5.41) is 9.06. The molecule has 0 aromatic rings. The van der Waals surface area contributed by atoms with Gasteiger partial charge in [0.25, 0.3) is 0 Å². The quantitative estimate of drug-likeness (QED) is 0.714. The van der Waals surface area contributed by atoms with E-state index in [0.717, 1.165) is 17.8 Å². The second kappa shape index (κ2) is 4.99. The third kappa shape index (κ3) is 2.98. The van der Waals surface area contributed by atoms with Crippen molar-refractivity contribution < 1.29 is 5.11 Å². The fourth-order valence-electron chi connectivity index (χ4n) is 2.53. The van der Waals surface area contributed by atoms with Crippen molar-refractivity contribution in [3.8, 4) is 0 Å². The molecule has 0 radical (unpaired) electrons. The van der Waals surface area contributed by atoms with E-state index in [0.29, 0.717) is 12.5 Å².